The van der Waals surface area contributed by atoms with Crippen molar-refractivity contribution in [1.29, 1.82) is 0 Å². The van der Waals surface area contributed by atoms with Crippen molar-refractivity contribution in [3.63, 3.8) is 0 Å². The van der Waals surface area contributed by atoms with Crippen molar-refractivity contribution in [2.45, 2.75) is 13.5 Å². The van der Waals surface area contributed by atoms with Crippen molar-refractivity contribution in [2.24, 2.45) is 0 Å². The van der Waals surface area contributed by atoms with E-state index in [-0.39, 0.29) is 18.0 Å². The normalized spacial score (nSPS) is 10.3. The number of halogens is 2. The molecule has 0 spiro atoms. The Hall–Kier alpha value is -2.14. The maximum atomic E-state index is 13.4. The first-order valence-corrected chi connectivity index (χ1v) is 6.28. The highest BCUT2D eigenvalue weighted by molar-refractivity contribution is 6.30. The first kappa shape index (κ1) is 14.3. The molecular weight excluding hydrogens is 283 g/mol. The van der Waals surface area contributed by atoms with Crippen LogP contribution in [-0.4, -0.2) is 4.92 Å². The monoisotopic (exact) mass is 294 g/mol. The lowest BCUT2D eigenvalue weighted by Gasteiger charge is -2.10. The minimum atomic E-state index is -0.485. The third kappa shape index (κ3) is 3.05. The number of nitrogens with one attached hydrogen (secondary N) is 1. The molecule has 0 saturated heterocycles. The minimum absolute atomic E-state index is 0.0564. The molecule has 0 aliphatic heterocycles. The van der Waals surface area contributed by atoms with E-state index in [2.05, 4.69) is 5.32 Å². The summed E-state index contributed by atoms with van der Waals surface area (Å²) in [5.41, 5.74) is 1.51. The van der Waals surface area contributed by atoms with E-state index in [1.54, 1.807) is 31.2 Å². The van der Waals surface area contributed by atoms with E-state index in [0.29, 0.717) is 21.8 Å². The molecule has 6 heteroatoms. The van der Waals surface area contributed by atoms with Gasteiger partial charge in [-0.3, -0.25) is 10.1 Å². The molecule has 0 radical (unpaired) electrons. The molecule has 20 heavy (non-hydrogen) atoms. The molecule has 0 unspecified atom stereocenters. The van der Waals surface area contributed by atoms with Gasteiger partial charge < -0.3 is 5.32 Å². The number of hydrogen-bond donors (Lipinski definition) is 1. The first-order valence-electron chi connectivity index (χ1n) is 5.91. The number of nitro groups is 1. The summed E-state index contributed by atoms with van der Waals surface area (Å²) in [6, 6.07) is 9.15. The van der Waals surface area contributed by atoms with Crippen LogP contribution >= 0.6 is 11.6 Å². The molecule has 2 aromatic carbocycles. The molecule has 0 atom stereocenters. The van der Waals surface area contributed by atoms with Gasteiger partial charge in [0.1, 0.15) is 5.82 Å². The van der Waals surface area contributed by atoms with Crippen LogP contribution in [0.1, 0.15) is 11.1 Å². The van der Waals surface area contributed by atoms with Crippen LogP contribution in [0.4, 0.5) is 15.8 Å². The quantitative estimate of drug-likeness (QED) is 0.675. The fourth-order valence-electron chi connectivity index (χ4n) is 1.85. The SMILES string of the molecule is Cc1c(F)cccc1NCc1ccc(Cl)cc1[N+](=O)[O-]. The van der Waals surface area contributed by atoms with Crippen molar-refractivity contribution < 1.29 is 9.31 Å². The average molecular weight is 295 g/mol. The summed E-state index contributed by atoms with van der Waals surface area (Å²) in [5, 5.41) is 14.3. The van der Waals surface area contributed by atoms with Gasteiger partial charge in [-0.1, -0.05) is 17.7 Å². The van der Waals surface area contributed by atoms with E-state index in [1.807, 2.05) is 0 Å². The predicted molar refractivity (Wildman–Crippen MR) is 76.6 cm³/mol. The molecule has 0 fully saturated rings. The second-order valence-electron chi connectivity index (χ2n) is 4.30. The fourth-order valence-corrected chi connectivity index (χ4v) is 2.01. The van der Waals surface area contributed by atoms with Crippen LogP contribution in [0.2, 0.25) is 5.02 Å². The van der Waals surface area contributed by atoms with E-state index in [1.165, 1.54) is 12.1 Å². The second-order valence-corrected chi connectivity index (χ2v) is 4.73. The number of anilines is 1. The molecule has 0 aliphatic rings. The average Bonchev–Trinajstić information content (AvgIpc) is 2.41. The summed E-state index contributed by atoms with van der Waals surface area (Å²) >= 11 is 5.75. The molecular formula is C14H12ClFN2O2. The molecule has 0 heterocycles. The molecule has 0 bridgehead atoms. The number of rotatable bonds is 4. The maximum absolute atomic E-state index is 13.4. The molecule has 0 saturated carbocycles. The Morgan fingerprint density at radius 1 is 1.35 bits per heavy atom. The standard InChI is InChI=1S/C14H12ClFN2O2/c1-9-12(16)3-2-4-13(9)17-8-10-5-6-11(15)7-14(10)18(19)20/h2-7,17H,8H2,1H3. The van der Waals surface area contributed by atoms with E-state index < -0.39 is 4.92 Å². The number of nitro benzene ring substituents is 1. The van der Waals surface area contributed by atoms with Crippen LogP contribution in [-0.2, 0) is 6.54 Å². The zero-order valence-electron chi connectivity index (χ0n) is 10.7. The third-order valence-corrected chi connectivity index (χ3v) is 3.22. The smallest absolute Gasteiger partial charge is 0.275 e. The van der Waals surface area contributed by atoms with Crippen molar-refractivity contribution in [3.8, 4) is 0 Å². The highest BCUT2D eigenvalue weighted by Gasteiger charge is 2.14. The van der Waals surface area contributed by atoms with E-state index in [9.17, 15) is 14.5 Å². The minimum Gasteiger partial charge on any atom is -0.380 e. The van der Waals surface area contributed by atoms with Crippen LogP contribution in [0.5, 0.6) is 0 Å². The number of nitrogens with zero attached hydrogens (tertiary/aromatic N) is 1. The van der Waals surface area contributed by atoms with Crippen molar-refractivity contribution >= 4 is 23.0 Å². The van der Waals surface area contributed by atoms with Gasteiger partial charge in [0.25, 0.3) is 5.69 Å². The maximum Gasteiger partial charge on any atom is 0.275 e. The molecule has 0 aromatic heterocycles. The molecule has 0 amide bonds. The first-order chi connectivity index (χ1) is 9.49. The number of benzene rings is 2. The van der Waals surface area contributed by atoms with Gasteiger partial charge in [0.15, 0.2) is 0 Å². The second kappa shape index (κ2) is 5.88. The van der Waals surface area contributed by atoms with Gasteiger partial charge in [-0.15, -0.1) is 0 Å². The van der Waals surface area contributed by atoms with Crippen LogP contribution in [0.3, 0.4) is 0 Å². The number of hydrogen-bond acceptors (Lipinski definition) is 3. The van der Waals surface area contributed by atoms with Gasteiger partial charge in [0, 0.05) is 34.4 Å². The highest BCUT2D eigenvalue weighted by Crippen LogP contribution is 2.25. The van der Waals surface area contributed by atoms with Gasteiger partial charge in [0.2, 0.25) is 0 Å². The van der Waals surface area contributed by atoms with Crippen molar-refractivity contribution in [3.05, 3.63) is 68.5 Å². The molecule has 1 N–H and O–H groups in total. The zero-order valence-corrected chi connectivity index (χ0v) is 11.4. The van der Waals surface area contributed by atoms with Gasteiger partial charge in [-0.05, 0) is 31.2 Å². The summed E-state index contributed by atoms with van der Waals surface area (Å²) in [7, 11) is 0. The van der Waals surface area contributed by atoms with Crippen LogP contribution < -0.4 is 5.32 Å². The molecule has 4 nitrogen and oxygen atoms in total. The van der Waals surface area contributed by atoms with E-state index >= 15 is 0 Å². The third-order valence-electron chi connectivity index (χ3n) is 2.98. The van der Waals surface area contributed by atoms with Gasteiger partial charge >= 0.3 is 0 Å². The predicted octanol–water partition coefficient (Wildman–Crippen LogP) is 4.31. The fraction of sp³-hybridized carbons (Fsp3) is 0.143. The Labute approximate surface area is 120 Å². The molecule has 0 aliphatic carbocycles. The Bertz CT molecular complexity index is 662. The Morgan fingerprint density at radius 3 is 2.80 bits per heavy atom. The highest BCUT2D eigenvalue weighted by atomic mass is 35.5. The summed E-state index contributed by atoms with van der Waals surface area (Å²) < 4.78 is 13.4. The molecule has 2 aromatic rings. The Morgan fingerprint density at radius 2 is 2.10 bits per heavy atom. The molecule has 2 rings (SSSR count). The zero-order chi connectivity index (χ0) is 14.7. The summed E-state index contributed by atoms with van der Waals surface area (Å²) in [4.78, 5) is 10.5. The summed E-state index contributed by atoms with van der Waals surface area (Å²) in [6.45, 7) is 1.87. The van der Waals surface area contributed by atoms with Gasteiger partial charge in [-0.25, -0.2) is 4.39 Å². The largest absolute Gasteiger partial charge is 0.380 e. The Kier molecular flexibility index (Phi) is 4.20. The van der Waals surface area contributed by atoms with E-state index in [4.69, 9.17) is 11.6 Å². The summed E-state index contributed by atoms with van der Waals surface area (Å²) in [5.74, 6) is -0.319. The Balaban J connectivity index is 2.23. The lowest BCUT2D eigenvalue weighted by Crippen LogP contribution is -2.04. The lowest BCUT2D eigenvalue weighted by atomic mass is 10.1. The van der Waals surface area contributed by atoms with Crippen LogP contribution in [0.25, 0.3) is 0 Å². The lowest BCUT2D eigenvalue weighted by molar-refractivity contribution is -0.385. The summed E-state index contributed by atoms with van der Waals surface area (Å²) in [6.07, 6.45) is 0. The topological polar surface area (TPSA) is 55.2 Å². The van der Waals surface area contributed by atoms with Crippen LogP contribution in [0.15, 0.2) is 36.4 Å². The van der Waals surface area contributed by atoms with Gasteiger partial charge in [-0.2, -0.15) is 0 Å². The van der Waals surface area contributed by atoms with Gasteiger partial charge in [0.05, 0.1) is 4.92 Å². The van der Waals surface area contributed by atoms with E-state index in [0.717, 1.165) is 0 Å². The van der Waals surface area contributed by atoms with Crippen molar-refractivity contribution in [2.75, 3.05) is 5.32 Å². The molecule has 104 valence electrons. The van der Waals surface area contributed by atoms with Crippen molar-refractivity contribution in [1.82, 2.24) is 0 Å². The van der Waals surface area contributed by atoms with Crippen LogP contribution in [0, 0.1) is 22.9 Å².